The number of ether oxygens (including phenoxy) is 2. The van der Waals surface area contributed by atoms with E-state index in [2.05, 4.69) is 30.7 Å². The molecule has 1 aromatic heterocycles. The second-order valence-electron chi connectivity index (χ2n) is 7.90. The fraction of sp³-hybridized carbons (Fsp3) is 0.346. The van der Waals surface area contributed by atoms with Gasteiger partial charge in [0.05, 0.1) is 30.3 Å². The van der Waals surface area contributed by atoms with Crippen molar-refractivity contribution in [3.63, 3.8) is 0 Å². The SMILES string of the molecule is CCCCc1ccc(C(=O)Oc2cnc(-c3ccc(OCC(C)CC)cc3)cn2)c(F)c1. The Balaban J connectivity index is 1.61. The lowest BCUT2D eigenvalue weighted by molar-refractivity contribution is 0.0722. The lowest BCUT2D eigenvalue weighted by Gasteiger charge is -2.11. The third-order valence-corrected chi connectivity index (χ3v) is 5.28. The summed E-state index contributed by atoms with van der Waals surface area (Å²) < 4.78 is 25.3. The maximum Gasteiger partial charge on any atom is 0.347 e. The molecule has 0 radical (unpaired) electrons. The van der Waals surface area contributed by atoms with Gasteiger partial charge in [-0.3, -0.25) is 0 Å². The second-order valence-corrected chi connectivity index (χ2v) is 7.90. The smallest absolute Gasteiger partial charge is 0.347 e. The maximum atomic E-state index is 14.3. The highest BCUT2D eigenvalue weighted by atomic mass is 19.1. The first-order chi connectivity index (χ1) is 15.5. The Morgan fingerprint density at radius 2 is 1.84 bits per heavy atom. The number of rotatable bonds is 10. The van der Waals surface area contributed by atoms with E-state index in [9.17, 15) is 9.18 Å². The topological polar surface area (TPSA) is 61.3 Å². The Hall–Kier alpha value is -3.28. The Bertz CT molecular complexity index is 1020. The molecular weight excluding hydrogens is 407 g/mol. The molecule has 0 fully saturated rings. The number of benzene rings is 2. The zero-order valence-corrected chi connectivity index (χ0v) is 18.8. The van der Waals surface area contributed by atoms with Gasteiger partial charge in [-0.1, -0.05) is 39.7 Å². The van der Waals surface area contributed by atoms with Crippen LogP contribution < -0.4 is 9.47 Å². The van der Waals surface area contributed by atoms with Crippen molar-refractivity contribution in [2.24, 2.45) is 5.92 Å². The summed E-state index contributed by atoms with van der Waals surface area (Å²) in [5.41, 5.74) is 2.23. The summed E-state index contributed by atoms with van der Waals surface area (Å²) in [4.78, 5) is 20.8. The normalized spacial score (nSPS) is 11.8. The number of aromatic nitrogens is 2. The van der Waals surface area contributed by atoms with E-state index in [-0.39, 0.29) is 11.4 Å². The summed E-state index contributed by atoms with van der Waals surface area (Å²) in [5.74, 6) is -0.0708. The summed E-state index contributed by atoms with van der Waals surface area (Å²) in [6, 6.07) is 12.2. The standard InChI is InChI=1S/C26H29FN2O3/c1-4-6-7-19-8-13-22(23(27)14-19)26(30)32-25-16-28-24(15-29-25)20-9-11-21(12-10-20)31-17-18(3)5-2/h8-16,18H,4-7,17H2,1-3H3. The van der Waals surface area contributed by atoms with Crippen molar-refractivity contribution in [1.82, 2.24) is 9.97 Å². The minimum atomic E-state index is -0.797. The van der Waals surface area contributed by atoms with Gasteiger partial charge < -0.3 is 9.47 Å². The van der Waals surface area contributed by atoms with Crippen LogP contribution in [0.2, 0.25) is 0 Å². The van der Waals surface area contributed by atoms with E-state index in [0.717, 1.165) is 42.6 Å². The van der Waals surface area contributed by atoms with Gasteiger partial charge in [-0.25, -0.2) is 19.2 Å². The number of unbranched alkanes of at least 4 members (excludes halogenated alkanes) is 1. The first-order valence-electron chi connectivity index (χ1n) is 11.1. The molecule has 0 aliphatic rings. The van der Waals surface area contributed by atoms with E-state index in [1.54, 1.807) is 6.07 Å². The van der Waals surface area contributed by atoms with Crippen LogP contribution in [0, 0.1) is 11.7 Å². The summed E-state index contributed by atoms with van der Waals surface area (Å²) in [7, 11) is 0. The average molecular weight is 437 g/mol. The predicted octanol–water partition coefficient (Wildman–Crippen LogP) is 6.27. The summed E-state index contributed by atoms with van der Waals surface area (Å²) in [6.07, 6.45) is 6.72. The van der Waals surface area contributed by atoms with Gasteiger partial charge in [0, 0.05) is 5.56 Å². The molecule has 3 rings (SSSR count). The van der Waals surface area contributed by atoms with Crippen molar-refractivity contribution in [1.29, 1.82) is 0 Å². The molecule has 5 nitrogen and oxygen atoms in total. The minimum absolute atomic E-state index is 0.0155. The molecule has 0 N–H and O–H groups in total. The number of carbonyl (C=O) groups is 1. The van der Waals surface area contributed by atoms with Crippen molar-refractivity contribution < 1.29 is 18.7 Å². The monoisotopic (exact) mass is 436 g/mol. The fourth-order valence-electron chi connectivity index (χ4n) is 3.01. The van der Waals surface area contributed by atoms with Crippen LogP contribution in [0.25, 0.3) is 11.3 Å². The minimum Gasteiger partial charge on any atom is -0.493 e. The van der Waals surface area contributed by atoms with Crippen molar-refractivity contribution in [3.05, 3.63) is 71.8 Å². The van der Waals surface area contributed by atoms with E-state index in [1.165, 1.54) is 24.5 Å². The molecule has 0 saturated heterocycles. The molecule has 0 aliphatic heterocycles. The number of hydrogen-bond acceptors (Lipinski definition) is 5. The van der Waals surface area contributed by atoms with Crippen molar-refractivity contribution in [2.75, 3.05) is 6.61 Å². The number of aryl methyl sites for hydroxylation is 1. The highest BCUT2D eigenvalue weighted by Crippen LogP contribution is 2.22. The Morgan fingerprint density at radius 1 is 1.06 bits per heavy atom. The number of hydrogen-bond donors (Lipinski definition) is 0. The number of esters is 1. The molecule has 0 bridgehead atoms. The fourth-order valence-corrected chi connectivity index (χ4v) is 3.01. The summed E-state index contributed by atoms with van der Waals surface area (Å²) >= 11 is 0. The van der Waals surface area contributed by atoms with Crippen LogP contribution in [0.4, 0.5) is 4.39 Å². The molecule has 2 aromatic carbocycles. The Labute approximate surface area is 188 Å². The predicted molar refractivity (Wildman–Crippen MR) is 122 cm³/mol. The van der Waals surface area contributed by atoms with Gasteiger partial charge in [0.2, 0.25) is 5.88 Å². The van der Waals surface area contributed by atoms with Gasteiger partial charge in [0.1, 0.15) is 11.6 Å². The lowest BCUT2D eigenvalue weighted by atomic mass is 10.1. The first-order valence-corrected chi connectivity index (χ1v) is 11.1. The largest absolute Gasteiger partial charge is 0.493 e. The highest BCUT2D eigenvalue weighted by Gasteiger charge is 2.16. The maximum absolute atomic E-state index is 14.3. The van der Waals surface area contributed by atoms with Crippen LogP contribution >= 0.6 is 0 Å². The molecule has 3 aromatic rings. The Kier molecular flexibility index (Phi) is 8.31. The molecule has 32 heavy (non-hydrogen) atoms. The van der Waals surface area contributed by atoms with Gasteiger partial charge in [-0.05, 0) is 60.7 Å². The first kappa shape index (κ1) is 23.4. The molecule has 168 valence electrons. The molecule has 6 heteroatoms. The molecule has 0 spiro atoms. The van der Waals surface area contributed by atoms with Crippen molar-refractivity contribution in [3.8, 4) is 22.9 Å². The quantitative estimate of drug-likeness (QED) is 0.351. The van der Waals surface area contributed by atoms with Crippen LogP contribution in [0.1, 0.15) is 56.0 Å². The summed E-state index contributed by atoms with van der Waals surface area (Å²) in [5, 5.41) is 0. The zero-order valence-electron chi connectivity index (χ0n) is 18.8. The van der Waals surface area contributed by atoms with Crippen molar-refractivity contribution >= 4 is 5.97 Å². The van der Waals surface area contributed by atoms with Crippen molar-refractivity contribution in [2.45, 2.75) is 46.5 Å². The molecule has 1 atom stereocenters. The van der Waals surface area contributed by atoms with Gasteiger partial charge in [0.25, 0.3) is 0 Å². The molecule has 0 aliphatic carbocycles. The molecule has 1 heterocycles. The van der Waals surface area contributed by atoms with Crippen LogP contribution in [0.3, 0.4) is 0 Å². The summed E-state index contributed by atoms with van der Waals surface area (Å²) in [6.45, 7) is 7.04. The van der Waals surface area contributed by atoms with Gasteiger partial charge in [-0.2, -0.15) is 0 Å². The van der Waals surface area contributed by atoms with Crippen LogP contribution in [0.5, 0.6) is 11.6 Å². The average Bonchev–Trinajstić information content (AvgIpc) is 2.82. The second kappa shape index (κ2) is 11.4. The van der Waals surface area contributed by atoms with Crippen LogP contribution in [-0.4, -0.2) is 22.5 Å². The lowest BCUT2D eigenvalue weighted by Crippen LogP contribution is -2.12. The van der Waals surface area contributed by atoms with Crippen LogP contribution in [-0.2, 0) is 6.42 Å². The molecule has 0 saturated carbocycles. The zero-order chi connectivity index (χ0) is 22.9. The van der Waals surface area contributed by atoms with Gasteiger partial charge >= 0.3 is 5.97 Å². The molecular formula is C26H29FN2O3. The number of nitrogens with zero attached hydrogens (tertiary/aromatic N) is 2. The number of carbonyl (C=O) groups excluding carboxylic acids is 1. The number of halogens is 1. The highest BCUT2D eigenvalue weighted by molar-refractivity contribution is 5.91. The van der Waals surface area contributed by atoms with Gasteiger partial charge in [-0.15, -0.1) is 0 Å². The van der Waals surface area contributed by atoms with E-state index >= 15 is 0 Å². The van der Waals surface area contributed by atoms with E-state index in [4.69, 9.17) is 9.47 Å². The third-order valence-electron chi connectivity index (χ3n) is 5.28. The molecule has 1 unspecified atom stereocenters. The van der Waals surface area contributed by atoms with E-state index in [0.29, 0.717) is 18.2 Å². The van der Waals surface area contributed by atoms with E-state index < -0.39 is 11.8 Å². The Morgan fingerprint density at radius 3 is 2.47 bits per heavy atom. The van der Waals surface area contributed by atoms with E-state index in [1.807, 2.05) is 24.3 Å². The molecule has 0 amide bonds. The third kappa shape index (κ3) is 6.36. The van der Waals surface area contributed by atoms with Gasteiger partial charge in [0.15, 0.2) is 0 Å². The van der Waals surface area contributed by atoms with Crippen LogP contribution in [0.15, 0.2) is 54.9 Å².